The van der Waals surface area contributed by atoms with E-state index >= 15 is 0 Å². The van der Waals surface area contributed by atoms with Gasteiger partial charge in [0.2, 0.25) is 10.0 Å². The van der Waals surface area contributed by atoms with Crippen LogP contribution >= 0.6 is 0 Å². The molecule has 0 fully saturated rings. The van der Waals surface area contributed by atoms with Gasteiger partial charge >= 0.3 is 0 Å². The lowest BCUT2D eigenvalue weighted by Gasteiger charge is -2.09. The van der Waals surface area contributed by atoms with E-state index in [9.17, 15) is 8.42 Å². The molecule has 0 saturated carbocycles. The van der Waals surface area contributed by atoms with E-state index in [1.165, 1.54) is 6.07 Å². The molecule has 0 saturated heterocycles. The molecule has 0 bridgehead atoms. The lowest BCUT2D eigenvalue weighted by atomic mass is 10.2. The first-order valence-corrected chi connectivity index (χ1v) is 6.75. The van der Waals surface area contributed by atoms with Crippen LogP contribution in [0.15, 0.2) is 23.1 Å². The summed E-state index contributed by atoms with van der Waals surface area (Å²) in [7, 11) is -3.53. The molecular formula is C12H16N2O2S. The van der Waals surface area contributed by atoms with Crippen molar-refractivity contribution in [3.05, 3.63) is 23.8 Å². The van der Waals surface area contributed by atoms with Crippen LogP contribution in [0.1, 0.15) is 18.4 Å². The molecule has 0 aliphatic carbocycles. The zero-order valence-electron chi connectivity index (χ0n) is 9.73. The summed E-state index contributed by atoms with van der Waals surface area (Å²) in [5, 5.41) is 0. The van der Waals surface area contributed by atoms with Crippen LogP contribution in [0.4, 0.5) is 5.69 Å². The maximum absolute atomic E-state index is 11.9. The van der Waals surface area contributed by atoms with Crippen LogP contribution < -0.4 is 10.5 Å². The van der Waals surface area contributed by atoms with Crippen molar-refractivity contribution in [1.82, 2.24) is 4.72 Å². The van der Waals surface area contributed by atoms with E-state index in [2.05, 4.69) is 10.6 Å². The fourth-order valence-electron chi connectivity index (χ4n) is 1.39. The average Bonchev–Trinajstić information content (AvgIpc) is 2.24. The van der Waals surface area contributed by atoms with E-state index in [4.69, 9.17) is 12.2 Å². The van der Waals surface area contributed by atoms with Crippen molar-refractivity contribution < 1.29 is 8.42 Å². The molecule has 0 amide bonds. The third kappa shape index (κ3) is 3.77. The Morgan fingerprint density at radius 3 is 2.76 bits per heavy atom. The first kappa shape index (κ1) is 13.6. The maximum Gasteiger partial charge on any atom is 0.242 e. The van der Waals surface area contributed by atoms with E-state index in [-0.39, 0.29) is 10.6 Å². The largest absolute Gasteiger partial charge is 0.398 e. The summed E-state index contributed by atoms with van der Waals surface area (Å²) in [5.74, 6) is 2.45. The van der Waals surface area contributed by atoms with E-state index < -0.39 is 10.0 Å². The molecule has 0 aromatic heterocycles. The Hall–Kier alpha value is -1.51. The van der Waals surface area contributed by atoms with E-state index in [1.807, 2.05) is 6.92 Å². The monoisotopic (exact) mass is 252 g/mol. The normalized spacial score (nSPS) is 11.1. The van der Waals surface area contributed by atoms with Crippen LogP contribution in [-0.4, -0.2) is 15.0 Å². The highest BCUT2D eigenvalue weighted by atomic mass is 32.2. The zero-order valence-corrected chi connectivity index (χ0v) is 10.5. The number of benzene rings is 1. The average molecular weight is 252 g/mol. The first-order chi connectivity index (χ1) is 7.97. The molecular weight excluding hydrogens is 236 g/mol. The molecule has 0 radical (unpaired) electrons. The summed E-state index contributed by atoms with van der Waals surface area (Å²) in [5.41, 5.74) is 6.87. The van der Waals surface area contributed by atoms with Crippen LogP contribution in [0.2, 0.25) is 0 Å². The van der Waals surface area contributed by atoms with Gasteiger partial charge in [-0.05, 0) is 31.0 Å². The Kier molecular flexibility index (Phi) is 4.55. The Balaban J connectivity index is 2.80. The lowest BCUT2D eigenvalue weighted by molar-refractivity contribution is 0.580. The number of nitrogens with two attached hydrogens (primary N) is 1. The molecule has 0 aliphatic rings. The highest BCUT2D eigenvalue weighted by molar-refractivity contribution is 7.89. The van der Waals surface area contributed by atoms with Gasteiger partial charge in [-0.1, -0.05) is 6.07 Å². The van der Waals surface area contributed by atoms with Crippen LogP contribution in [0.25, 0.3) is 0 Å². The number of hydrogen-bond acceptors (Lipinski definition) is 3. The second kappa shape index (κ2) is 5.71. The number of unbranched alkanes of at least 4 members (excludes halogenated alkanes) is 1. The predicted molar refractivity (Wildman–Crippen MR) is 68.8 cm³/mol. The van der Waals surface area contributed by atoms with Crippen LogP contribution in [0.5, 0.6) is 0 Å². The number of hydrogen-bond donors (Lipinski definition) is 2. The van der Waals surface area contributed by atoms with Gasteiger partial charge in [-0.3, -0.25) is 0 Å². The van der Waals surface area contributed by atoms with Crippen molar-refractivity contribution >= 4 is 15.7 Å². The minimum absolute atomic E-state index is 0.115. The van der Waals surface area contributed by atoms with Crippen molar-refractivity contribution in [3.63, 3.8) is 0 Å². The van der Waals surface area contributed by atoms with Crippen molar-refractivity contribution in [2.24, 2.45) is 0 Å². The van der Waals surface area contributed by atoms with E-state index in [0.717, 1.165) is 5.56 Å². The number of nitrogen functional groups attached to an aromatic ring is 1. The number of sulfonamides is 1. The molecule has 0 heterocycles. The molecule has 0 unspecified atom stereocenters. The Bertz CT molecular complexity index is 530. The fourth-order valence-corrected chi connectivity index (χ4v) is 2.57. The minimum atomic E-state index is -3.53. The molecule has 0 atom stereocenters. The second-order valence-electron chi connectivity index (χ2n) is 3.75. The molecule has 0 aliphatic heterocycles. The maximum atomic E-state index is 11.9. The predicted octanol–water partition coefficient (Wildman–Crippen LogP) is 1.27. The van der Waals surface area contributed by atoms with Gasteiger partial charge in [-0.25, -0.2) is 13.1 Å². The first-order valence-electron chi connectivity index (χ1n) is 5.26. The standard InChI is InChI=1S/C12H16N2O2S/c1-3-4-5-8-14-17(15,16)12-7-6-10(2)9-11(12)13/h1,6-7,9,14H,4-5,8,13H2,2H3. The van der Waals surface area contributed by atoms with Crippen LogP contribution in [-0.2, 0) is 10.0 Å². The summed E-state index contributed by atoms with van der Waals surface area (Å²) in [4.78, 5) is 0.115. The van der Waals surface area contributed by atoms with Gasteiger partial charge < -0.3 is 5.73 Å². The summed E-state index contributed by atoms with van der Waals surface area (Å²) < 4.78 is 26.2. The highest BCUT2D eigenvalue weighted by Gasteiger charge is 2.16. The third-order valence-corrected chi connectivity index (χ3v) is 3.78. The van der Waals surface area contributed by atoms with Crippen LogP contribution in [0.3, 0.4) is 0 Å². The molecule has 5 heteroatoms. The topological polar surface area (TPSA) is 72.2 Å². The number of aryl methyl sites for hydroxylation is 1. The van der Waals surface area contributed by atoms with Gasteiger partial charge in [0.1, 0.15) is 4.90 Å². The summed E-state index contributed by atoms with van der Waals surface area (Å²) in [6.07, 6.45) is 6.24. The summed E-state index contributed by atoms with van der Waals surface area (Å²) >= 11 is 0. The highest BCUT2D eigenvalue weighted by Crippen LogP contribution is 2.19. The SMILES string of the molecule is C#CCCCNS(=O)(=O)c1ccc(C)cc1N. The van der Waals surface area contributed by atoms with Gasteiger partial charge in [-0.15, -0.1) is 12.3 Å². The molecule has 17 heavy (non-hydrogen) atoms. The number of anilines is 1. The fraction of sp³-hybridized carbons (Fsp3) is 0.333. The molecule has 1 aromatic carbocycles. The van der Waals surface area contributed by atoms with Gasteiger partial charge in [0, 0.05) is 13.0 Å². The number of rotatable bonds is 5. The molecule has 1 aromatic rings. The van der Waals surface area contributed by atoms with Crippen molar-refractivity contribution in [1.29, 1.82) is 0 Å². The van der Waals surface area contributed by atoms with Gasteiger partial charge in [0.25, 0.3) is 0 Å². The third-order valence-electron chi connectivity index (χ3n) is 2.24. The molecule has 0 spiro atoms. The zero-order chi connectivity index (χ0) is 12.9. The second-order valence-corrected chi connectivity index (χ2v) is 5.48. The molecule has 1 rings (SSSR count). The van der Waals surface area contributed by atoms with E-state index in [1.54, 1.807) is 12.1 Å². The minimum Gasteiger partial charge on any atom is -0.398 e. The Morgan fingerprint density at radius 2 is 2.18 bits per heavy atom. The van der Waals surface area contributed by atoms with Gasteiger partial charge in [0.05, 0.1) is 5.69 Å². The molecule has 3 N–H and O–H groups in total. The summed E-state index contributed by atoms with van der Waals surface area (Å²) in [6, 6.07) is 4.86. The van der Waals surface area contributed by atoms with Crippen molar-refractivity contribution in [2.75, 3.05) is 12.3 Å². The van der Waals surface area contributed by atoms with E-state index in [0.29, 0.717) is 19.4 Å². The number of nitrogens with one attached hydrogen (secondary N) is 1. The Morgan fingerprint density at radius 1 is 1.47 bits per heavy atom. The van der Waals surface area contributed by atoms with Crippen molar-refractivity contribution in [3.8, 4) is 12.3 Å². The smallest absolute Gasteiger partial charge is 0.242 e. The summed E-state index contributed by atoms with van der Waals surface area (Å²) in [6.45, 7) is 2.17. The quantitative estimate of drug-likeness (QED) is 0.471. The molecule has 4 nitrogen and oxygen atoms in total. The lowest BCUT2D eigenvalue weighted by Crippen LogP contribution is -2.25. The molecule has 92 valence electrons. The van der Waals surface area contributed by atoms with Crippen LogP contribution in [0, 0.1) is 19.3 Å². The Labute approximate surface area is 102 Å². The number of terminal acetylenes is 1. The van der Waals surface area contributed by atoms with Gasteiger partial charge in [0.15, 0.2) is 0 Å². The van der Waals surface area contributed by atoms with Gasteiger partial charge in [-0.2, -0.15) is 0 Å². The van der Waals surface area contributed by atoms with Crippen molar-refractivity contribution in [2.45, 2.75) is 24.7 Å².